The van der Waals surface area contributed by atoms with E-state index in [-0.39, 0.29) is 5.91 Å². The van der Waals surface area contributed by atoms with E-state index in [4.69, 9.17) is 0 Å². The van der Waals surface area contributed by atoms with Crippen LogP contribution in [0.1, 0.15) is 52.4 Å². The molecule has 0 aromatic heterocycles. The molecule has 1 atom stereocenters. The maximum Gasteiger partial charge on any atom is 0.234 e. The van der Waals surface area contributed by atoms with Crippen molar-refractivity contribution < 1.29 is 4.79 Å². The highest BCUT2D eigenvalue weighted by Crippen LogP contribution is 2.53. The number of nitrogens with one attached hydrogen (secondary N) is 2. The molecule has 0 aromatic carbocycles. The van der Waals surface area contributed by atoms with Crippen molar-refractivity contribution in [2.45, 2.75) is 64.5 Å². The summed E-state index contributed by atoms with van der Waals surface area (Å²) in [6, 6.07) is 0.920. The van der Waals surface area contributed by atoms with E-state index in [0.29, 0.717) is 18.6 Å². The van der Waals surface area contributed by atoms with Gasteiger partial charge < -0.3 is 10.6 Å². The second-order valence-corrected chi connectivity index (χ2v) is 7.21. The lowest BCUT2D eigenvalue weighted by molar-refractivity contribution is -0.124. The molecule has 4 rings (SSSR count). The SMILES string of the molecule is CCC(C)NCC(=O)NC1C2CC3CC(C2)CC1C3. The van der Waals surface area contributed by atoms with Crippen molar-refractivity contribution in [1.82, 2.24) is 10.6 Å². The summed E-state index contributed by atoms with van der Waals surface area (Å²) in [4.78, 5) is 12.1. The molecule has 1 amide bonds. The van der Waals surface area contributed by atoms with Gasteiger partial charge in [-0.2, -0.15) is 0 Å². The largest absolute Gasteiger partial charge is 0.352 e. The molecule has 4 bridgehead atoms. The molecule has 0 aliphatic heterocycles. The third-order valence-electron chi connectivity index (χ3n) is 5.78. The van der Waals surface area contributed by atoms with Crippen LogP contribution in [0.3, 0.4) is 0 Å². The fourth-order valence-electron chi connectivity index (χ4n) is 4.81. The minimum atomic E-state index is 0.206. The van der Waals surface area contributed by atoms with Crippen LogP contribution in [0.5, 0.6) is 0 Å². The fourth-order valence-corrected chi connectivity index (χ4v) is 4.81. The Labute approximate surface area is 116 Å². The van der Waals surface area contributed by atoms with Crippen LogP contribution in [0.25, 0.3) is 0 Å². The van der Waals surface area contributed by atoms with E-state index in [1.54, 1.807) is 0 Å². The Morgan fingerprint density at radius 1 is 1.11 bits per heavy atom. The molecule has 0 heterocycles. The zero-order valence-corrected chi connectivity index (χ0v) is 12.3. The average molecular weight is 264 g/mol. The van der Waals surface area contributed by atoms with Gasteiger partial charge in [0.25, 0.3) is 0 Å². The quantitative estimate of drug-likeness (QED) is 0.800. The lowest BCUT2D eigenvalue weighted by Gasteiger charge is -2.54. The molecule has 4 aliphatic rings. The molecular formula is C16H28N2O. The Morgan fingerprint density at radius 3 is 2.21 bits per heavy atom. The number of carbonyl (C=O) groups excluding carboxylic acids is 1. The Balaban J connectivity index is 1.51. The monoisotopic (exact) mass is 264 g/mol. The molecule has 0 radical (unpaired) electrons. The molecule has 0 aromatic rings. The Morgan fingerprint density at radius 2 is 1.68 bits per heavy atom. The minimum absolute atomic E-state index is 0.206. The second-order valence-electron chi connectivity index (χ2n) is 7.21. The van der Waals surface area contributed by atoms with Crippen molar-refractivity contribution in [2.24, 2.45) is 23.7 Å². The summed E-state index contributed by atoms with van der Waals surface area (Å²) in [6.45, 7) is 4.77. The van der Waals surface area contributed by atoms with Gasteiger partial charge in [-0.1, -0.05) is 6.92 Å². The van der Waals surface area contributed by atoms with Crippen LogP contribution in [0, 0.1) is 23.7 Å². The van der Waals surface area contributed by atoms with E-state index in [1.165, 1.54) is 32.1 Å². The van der Waals surface area contributed by atoms with E-state index in [0.717, 1.165) is 30.1 Å². The number of hydrogen-bond donors (Lipinski definition) is 2. The van der Waals surface area contributed by atoms with Gasteiger partial charge in [0.1, 0.15) is 0 Å². The van der Waals surface area contributed by atoms with Crippen LogP contribution in [0.2, 0.25) is 0 Å². The van der Waals surface area contributed by atoms with Gasteiger partial charge in [-0.25, -0.2) is 0 Å². The summed E-state index contributed by atoms with van der Waals surface area (Å²) in [6.07, 6.45) is 8.04. The van der Waals surface area contributed by atoms with E-state index < -0.39 is 0 Å². The van der Waals surface area contributed by atoms with Gasteiger partial charge in [0.2, 0.25) is 5.91 Å². The summed E-state index contributed by atoms with van der Waals surface area (Å²) >= 11 is 0. The summed E-state index contributed by atoms with van der Waals surface area (Å²) in [7, 11) is 0. The van der Waals surface area contributed by atoms with Crippen molar-refractivity contribution in [3.63, 3.8) is 0 Å². The maximum atomic E-state index is 12.1. The lowest BCUT2D eigenvalue weighted by atomic mass is 9.54. The third-order valence-corrected chi connectivity index (χ3v) is 5.78. The highest BCUT2D eigenvalue weighted by atomic mass is 16.2. The van der Waals surface area contributed by atoms with Gasteiger partial charge in [-0.05, 0) is 69.1 Å². The molecule has 4 aliphatic carbocycles. The first-order valence-electron chi connectivity index (χ1n) is 8.18. The molecule has 1 unspecified atom stereocenters. The molecule has 108 valence electrons. The number of hydrogen-bond acceptors (Lipinski definition) is 2. The average Bonchev–Trinajstić information content (AvgIpc) is 2.39. The summed E-state index contributed by atoms with van der Waals surface area (Å²) < 4.78 is 0. The number of rotatable bonds is 5. The molecule has 2 N–H and O–H groups in total. The first-order chi connectivity index (χ1) is 9.15. The van der Waals surface area contributed by atoms with Crippen molar-refractivity contribution in [1.29, 1.82) is 0 Å². The Bertz CT molecular complexity index is 314. The Hall–Kier alpha value is -0.570. The molecule has 19 heavy (non-hydrogen) atoms. The second kappa shape index (κ2) is 5.43. The number of amides is 1. The van der Waals surface area contributed by atoms with Crippen molar-refractivity contribution in [3.05, 3.63) is 0 Å². The van der Waals surface area contributed by atoms with Crippen molar-refractivity contribution in [3.8, 4) is 0 Å². The topological polar surface area (TPSA) is 41.1 Å². The predicted molar refractivity (Wildman–Crippen MR) is 76.7 cm³/mol. The molecule has 4 fully saturated rings. The molecule has 3 heteroatoms. The van der Waals surface area contributed by atoms with Gasteiger partial charge in [0.05, 0.1) is 6.54 Å². The fraction of sp³-hybridized carbons (Fsp3) is 0.938. The zero-order chi connectivity index (χ0) is 13.4. The van der Waals surface area contributed by atoms with Gasteiger partial charge in [0.15, 0.2) is 0 Å². The van der Waals surface area contributed by atoms with E-state index in [2.05, 4.69) is 24.5 Å². The van der Waals surface area contributed by atoms with Crippen LogP contribution in [-0.2, 0) is 4.79 Å². The molecule has 3 nitrogen and oxygen atoms in total. The normalized spacial score (nSPS) is 41.3. The van der Waals surface area contributed by atoms with E-state index in [9.17, 15) is 4.79 Å². The first-order valence-corrected chi connectivity index (χ1v) is 8.18. The molecule has 0 saturated heterocycles. The van der Waals surface area contributed by atoms with Crippen molar-refractivity contribution >= 4 is 5.91 Å². The summed E-state index contributed by atoms with van der Waals surface area (Å²) in [5, 5.41) is 6.63. The minimum Gasteiger partial charge on any atom is -0.352 e. The van der Waals surface area contributed by atoms with Gasteiger partial charge in [-0.3, -0.25) is 4.79 Å². The van der Waals surface area contributed by atoms with E-state index in [1.807, 2.05) is 0 Å². The van der Waals surface area contributed by atoms with Crippen LogP contribution in [0.15, 0.2) is 0 Å². The number of carbonyl (C=O) groups is 1. The molecule has 0 spiro atoms. The van der Waals surface area contributed by atoms with Gasteiger partial charge in [-0.15, -0.1) is 0 Å². The van der Waals surface area contributed by atoms with Gasteiger partial charge >= 0.3 is 0 Å². The van der Waals surface area contributed by atoms with Crippen molar-refractivity contribution in [2.75, 3.05) is 6.54 Å². The highest BCUT2D eigenvalue weighted by Gasteiger charge is 2.48. The first kappa shape index (κ1) is 13.4. The Kier molecular flexibility index (Phi) is 3.84. The van der Waals surface area contributed by atoms with Crippen LogP contribution in [-0.4, -0.2) is 24.5 Å². The maximum absolute atomic E-state index is 12.1. The molecule has 4 saturated carbocycles. The zero-order valence-electron chi connectivity index (χ0n) is 12.3. The standard InChI is InChI=1S/C16H28N2O/c1-3-10(2)17-9-15(19)18-16-13-5-11-4-12(7-13)8-14(16)6-11/h10-14,16-17H,3-9H2,1-2H3,(H,18,19). The summed E-state index contributed by atoms with van der Waals surface area (Å²) in [5.74, 6) is 3.73. The van der Waals surface area contributed by atoms with Crippen LogP contribution < -0.4 is 10.6 Å². The third kappa shape index (κ3) is 2.81. The highest BCUT2D eigenvalue weighted by molar-refractivity contribution is 5.78. The lowest BCUT2D eigenvalue weighted by Crippen LogP contribution is -2.57. The van der Waals surface area contributed by atoms with Crippen LogP contribution in [0.4, 0.5) is 0 Å². The smallest absolute Gasteiger partial charge is 0.234 e. The van der Waals surface area contributed by atoms with E-state index >= 15 is 0 Å². The van der Waals surface area contributed by atoms with Gasteiger partial charge in [0, 0.05) is 12.1 Å². The van der Waals surface area contributed by atoms with Crippen LogP contribution >= 0.6 is 0 Å². The molecular weight excluding hydrogens is 236 g/mol. The summed E-state index contributed by atoms with van der Waals surface area (Å²) in [5.41, 5.74) is 0. The predicted octanol–water partition coefficient (Wildman–Crippen LogP) is 2.32.